The summed E-state index contributed by atoms with van der Waals surface area (Å²) >= 11 is 0. The smallest absolute Gasteiger partial charge is 0.316 e. The Bertz CT molecular complexity index is 1520. The molecule has 4 bridgehead atoms. The van der Waals surface area contributed by atoms with Gasteiger partial charge < -0.3 is 9.64 Å². The molecule has 226 valence electrons. The van der Waals surface area contributed by atoms with Crippen LogP contribution in [-0.4, -0.2) is 44.5 Å². The summed E-state index contributed by atoms with van der Waals surface area (Å²) < 4.78 is 22.0. The van der Waals surface area contributed by atoms with Gasteiger partial charge in [0.2, 0.25) is 5.91 Å². The molecule has 0 spiro atoms. The monoisotopic (exact) mass is 583 g/mol. The molecule has 1 aromatic carbocycles. The van der Waals surface area contributed by atoms with Gasteiger partial charge in [-0.25, -0.2) is 14.4 Å². The number of carbonyl (C=O) groups is 1. The summed E-state index contributed by atoms with van der Waals surface area (Å²) in [6.45, 7) is 3.15. The molecular weight excluding hydrogens is 541 g/mol. The number of amides is 1. The second-order valence-corrected chi connectivity index (χ2v) is 14.7. The number of fused-ring (bicyclic) bond motifs is 3. The molecule has 0 saturated heterocycles. The zero-order valence-corrected chi connectivity index (χ0v) is 25.4. The topological polar surface area (TPSA) is 73.1 Å². The number of nitrogens with zero attached hydrogens (tertiary/aromatic N) is 5. The van der Waals surface area contributed by atoms with Crippen molar-refractivity contribution < 1.29 is 13.9 Å². The van der Waals surface area contributed by atoms with Crippen LogP contribution in [0, 0.1) is 10.8 Å². The summed E-state index contributed by atoms with van der Waals surface area (Å²) in [5, 5.41) is 5.05. The van der Waals surface area contributed by atoms with E-state index in [0.717, 1.165) is 61.9 Å². The van der Waals surface area contributed by atoms with Gasteiger partial charge in [0.15, 0.2) is 0 Å². The van der Waals surface area contributed by atoms with Crippen molar-refractivity contribution in [3.05, 3.63) is 54.1 Å². The minimum atomic E-state index is -1.00. The van der Waals surface area contributed by atoms with Gasteiger partial charge in [0.05, 0.1) is 12.3 Å². The van der Waals surface area contributed by atoms with E-state index in [2.05, 4.69) is 44.8 Å². The maximum absolute atomic E-state index is 14.4. The van der Waals surface area contributed by atoms with E-state index in [-0.39, 0.29) is 22.2 Å². The number of aryl methyl sites for hydroxylation is 1. The predicted octanol–water partition coefficient (Wildman–Crippen LogP) is 7.06. The number of rotatable bonds is 10. The van der Waals surface area contributed by atoms with Gasteiger partial charge in [-0.1, -0.05) is 12.1 Å². The van der Waals surface area contributed by atoms with E-state index < -0.39 is 5.67 Å². The molecule has 2 aromatic heterocycles. The molecule has 1 amide bonds. The molecule has 7 aliphatic rings. The van der Waals surface area contributed by atoms with E-state index in [1.54, 1.807) is 12.4 Å². The fraction of sp³-hybridized carbons (Fsp3) is 0.600. The van der Waals surface area contributed by atoms with Crippen LogP contribution in [0.25, 0.3) is 11.1 Å². The molecule has 0 atom stereocenters. The molecule has 7 nitrogen and oxygen atoms in total. The molecule has 43 heavy (non-hydrogen) atoms. The molecule has 0 N–H and O–H groups in total. The van der Waals surface area contributed by atoms with Crippen LogP contribution in [0.1, 0.15) is 101 Å². The minimum Gasteiger partial charge on any atom is -0.464 e. The van der Waals surface area contributed by atoms with Gasteiger partial charge in [-0.2, -0.15) is 5.10 Å². The highest BCUT2D eigenvalue weighted by molar-refractivity contribution is 5.95. The van der Waals surface area contributed by atoms with Gasteiger partial charge in [-0.05, 0) is 112 Å². The van der Waals surface area contributed by atoms with Crippen LogP contribution < -0.4 is 9.64 Å². The van der Waals surface area contributed by atoms with Crippen molar-refractivity contribution >= 4 is 11.6 Å². The summed E-state index contributed by atoms with van der Waals surface area (Å²) in [5.41, 5.74) is 4.62. The second kappa shape index (κ2) is 9.60. The second-order valence-electron chi connectivity index (χ2n) is 14.7. The van der Waals surface area contributed by atoms with E-state index in [1.807, 2.05) is 19.1 Å². The molecule has 0 unspecified atom stereocenters. The van der Waals surface area contributed by atoms with Gasteiger partial charge in [0, 0.05) is 60.7 Å². The summed E-state index contributed by atoms with van der Waals surface area (Å²) in [4.78, 5) is 24.9. The highest BCUT2D eigenvalue weighted by Crippen LogP contribution is 2.71. The number of halogens is 1. The summed E-state index contributed by atoms with van der Waals surface area (Å²) in [6.07, 6.45) is 14.9. The average Bonchev–Trinajstić information content (AvgIpc) is 3.76. The van der Waals surface area contributed by atoms with Crippen molar-refractivity contribution in [3.63, 3.8) is 0 Å². The molecule has 7 fully saturated rings. The normalized spacial score (nSPS) is 32.2. The quantitative estimate of drug-likeness (QED) is 0.256. The standard InChI is InChI=1S/C35H42FN5O2/c1-3-43-31-37-18-26(19-38-31)25-5-4-6-27(15-25)41(30(42)17-33-20-35(36,21-33)22-33)23-32-9-12-34(13-10-32,14-11-32)29-16-28(24-7-8-24)40(2)39-29/h4-6,15-16,18-19,24H,3,7-14,17,20-23H2,1-2H3. The largest absolute Gasteiger partial charge is 0.464 e. The summed E-state index contributed by atoms with van der Waals surface area (Å²) in [5.74, 6) is 0.837. The van der Waals surface area contributed by atoms with Crippen molar-refractivity contribution in [1.82, 2.24) is 19.7 Å². The first kappa shape index (κ1) is 27.3. The van der Waals surface area contributed by atoms with E-state index >= 15 is 0 Å². The lowest BCUT2D eigenvalue weighted by Gasteiger charge is -2.66. The Morgan fingerprint density at radius 2 is 1.70 bits per heavy atom. The van der Waals surface area contributed by atoms with E-state index in [0.29, 0.717) is 44.2 Å². The van der Waals surface area contributed by atoms with Gasteiger partial charge in [-0.15, -0.1) is 0 Å². The Labute approximate surface area is 253 Å². The molecule has 8 heteroatoms. The summed E-state index contributed by atoms with van der Waals surface area (Å²) in [6, 6.07) is 11.0. The number of hydrogen-bond acceptors (Lipinski definition) is 5. The van der Waals surface area contributed by atoms with E-state index in [4.69, 9.17) is 9.84 Å². The van der Waals surface area contributed by atoms with Gasteiger partial charge in [-0.3, -0.25) is 9.48 Å². The molecule has 0 aliphatic heterocycles. The minimum absolute atomic E-state index is 0.102. The van der Waals surface area contributed by atoms with Gasteiger partial charge in [0.25, 0.3) is 0 Å². The molecule has 3 aromatic rings. The van der Waals surface area contributed by atoms with Crippen LogP contribution in [0.15, 0.2) is 42.7 Å². The lowest BCUT2D eigenvalue weighted by atomic mass is 9.41. The molecule has 0 radical (unpaired) electrons. The maximum Gasteiger partial charge on any atom is 0.316 e. The van der Waals surface area contributed by atoms with Gasteiger partial charge in [0.1, 0.15) is 5.67 Å². The van der Waals surface area contributed by atoms with Crippen LogP contribution in [0.3, 0.4) is 0 Å². The third kappa shape index (κ3) is 4.67. The first-order valence-corrected chi connectivity index (χ1v) is 16.3. The highest BCUT2D eigenvalue weighted by atomic mass is 19.1. The first-order chi connectivity index (χ1) is 20.7. The number of alkyl halides is 1. The number of aromatic nitrogens is 4. The lowest BCUT2D eigenvalue weighted by Crippen LogP contribution is -2.65. The number of benzene rings is 1. The zero-order valence-electron chi connectivity index (χ0n) is 25.4. The Morgan fingerprint density at radius 3 is 2.33 bits per heavy atom. The highest BCUT2D eigenvalue weighted by Gasteiger charge is 2.69. The number of anilines is 1. The Balaban J connectivity index is 1.05. The van der Waals surface area contributed by atoms with E-state index in [1.165, 1.54) is 24.2 Å². The van der Waals surface area contributed by atoms with Crippen molar-refractivity contribution in [2.24, 2.45) is 17.9 Å². The molecular formula is C35H42FN5O2. The number of carbonyl (C=O) groups excluding carboxylic acids is 1. The van der Waals surface area contributed by atoms with Gasteiger partial charge >= 0.3 is 6.01 Å². The average molecular weight is 584 g/mol. The number of ether oxygens (including phenoxy) is 1. The predicted molar refractivity (Wildman–Crippen MR) is 163 cm³/mol. The molecule has 7 aliphatic carbocycles. The maximum atomic E-state index is 14.4. The van der Waals surface area contributed by atoms with Crippen molar-refractivity contribution in [2.75, 3.05) is 18.1 Å². The number of hydrogen-bond donors (Lipinski definition) is 0. The Hall–Kier alpha value is -3.29. The molecule has 7 saturated carbocycles. The zero-order chi connectivity index (χ0) is 29.5. The fourth-order valence-corrected chi connectivity index (χ4v) is 9.03. The fourth-order valence-electron chi connectivity index (χ4n) is 9.03. The summed E-state index contributed by atoms with van der Waals surface area (Å²) in [7, 11) is 2.11. The Morgan fingerprint density at radius 1 is 1.00 bits per heavy atom. The third-order valence-corrected chi connectivity index (χ3v) is 11.6. The Kier molecular flexibility index (Phi) is 6.09. The van der Waals surface area contributed by atoms with E-state index in [9.17, 15) is 9.18 Å². The van der Waals surface area contributed by atoms with Crippen molar-refractivity contribution in [1.29, 1.82) is 0 Å². The SMILES string of the molecule is CCOc1ncc(-c2cccc(N(CC34CCC(c5cc(C6CC6)n(C)n5)(CC3)CC4)C(=O)CC34CC(F)(C3)C4)c2)cn1. The van der Waals surface area contributed by atoms with Crippen LogP contribution in [0.4, 0.5) is 10.1 Å². The van der Waals surface area contributed by atoms with Crippen LogP contribution >= 0.6 is 0 Å². The van der Waals surface area contributed by atoms with Crippen LogP contribution in [0.5, 0.6) is 6.01 Å². The first-order valence-electron chi connectivity index (χ1n) is 16.3. The van der Waals surface area contributed by atoms with Crippen LogP contribution in [-0.2, 0) is 17.3 Å². The lowest BCUT2D eigenvalue weighted by molar-refractivity contribution is -0.215. The van der Waals surface area contributed by atoms with Crippen molar-refractivity contribution in [3.8, 4) is 17.1 Å². The third-order valence-electron chi connectivity index (χ3n) is 11.6. The molecule has 10 rings (SSSR count). The van der Waals surface area contributed by atoms with Crippen molar-refractivity contribution in [2.45, 2.75) is 101 Å². The van der Waals surface area contributed by atoms with Crippen LogP contribution in [0.2, 0.25) is 0 Å². The molecule has 2 heterocycles.